The SMILES string of the molecule is CC(C)C1CCCN1c1cc(F)cc(CNC2CC2)c1. The Balaban J connectivity index is 1.77. The van der Waals surface area contributed by atoms with Crippen LogP contribution in [0.15, 0.2) is 18.2 Å². The summed E-state index contributed by atoms with van der Waals surface area (Å²) in [4.78, 5) is 2.40. The molecule has 1 heterocycles. The molecule has 0 amide bonds. The van der Waals surface area contributed by atoms with E-state index in [9.17, 15) is 4.39 Å². The van der Waals surface area contributed by atoms with Gasteiger partial charge in [-0.2, -0.15) is 0 Å². The highest BCUT2D eigenvalue weighted by Gasteiger charge is 2.27. The first-order chi connectivity index (χ1) is 9.63. The molecule has 20 heavy (non-hydrogen) atoms. The summed E-state index contributed by atoms with van der Waals surface area (Å²) in [5.41, 5.74) is 2.13. The van der Waals surface area contributed by atoms with Crippen LogP contribution in [0.1, 0.15) is 45.1 Å². The fourth-order valence-corrected chi connectivity index (χ4v) is 3.26. The summed E-state index contributed by atoms with van der Waals surface area (Å²) in [7, 11) is 0. The first-order valence-electron chi connectivity index (χ1n) is 7.93. The molecular formula is C17H25FN2. The number of benzene rings is 1. The van der Waals surface area contributed by atoms with Crippen LogP contribution in [-0.2, 0) is 6.54 Å². The van der Waals surface area contributed by atoms with Crippen LogP contribution >= 0.6 is 0 Å². The van der Waals surface area contributed by atoms with Gasteiger partial charge in [-0.25, -0.2) is 4.39 Å². The van der Waals surface area contributed by atoms with Crippen molar-refractivity contribution in [2.24, 2.45) is 5.92 Å². The van der Waals surface area contributed by atoms with Gasteiger partial charge in [-0.1, -0.05) is 13.8 Å². The molecule has 0 radical (unpaired) electrons. The van der Waals surface area contributed by atoms with E-state index in [1.165, 1.54) is 25.7 Å². The van der Waals surface area contributed by atoms with Gasteiger partial charge in [0.1, 0.15) is 5.82 Å². The molecule has 1 unspecified atom stereocenters. The van der Waals surface area contributed by atoms with Gasteiger partial charge in [0.2, 0.25) is 0 Å². The molecule has 1 atom stereocenters. The molecule has 1 aliphatic carbocycles. The Kier molecular flexibility index (Phi) is 3.97. The van der Waals surface area contributed by atoms with Gasteiger partial charge < -0.3 is 10.2 Å². The van der Waals surface area contributed by atoms with Crippen LogP contribution in [0.2, 0.25) is 0 Å². The Morgan fingerprint density at radius 3 is 2.75 bits per heavy atom. The fourth-order valence-electron chi connectivity index (χ4n) is 3.26. The number of anilines is 1. The quantitative estimate of drug-likeness (QED) is 0.882. The molecule has 0 aromatic heterocycles. The fraction of sp³-hybridized carbons (Fsp3) is 0.647. The predicted octanol–water partition coefficient (Wildman–Crippen LogP) is 3.70. The van der Waals surface area contributed by atoms with Crippen LogP contribution in [0, 0.1) is 11.7 Å². The number of hydrogen-bond acceptors (Lipinski definition) is 2. The predicted molar refractivity (Wildman–Crippen MR) is 81.5 cm³/mol. The second-order valence-electron chi connectivity index (χ2n) is 6.62. The van der Waals surface area contributed by atoms with Gasteiger partial charge in [-0.3, -0.25) is 0 Å². The summed E-state index contributed by atoms with van der Waals surface area (Å²) in [5.74, 6) is 0.512. The van der Waals surface area contributed by atoms with E-state index in [2.05, 4.69) is 30.1 Å². The molecule has 3 rings (SSSR count). The lowest BCUT2D eigenvalue weighted by atomic mass is 10.0. The van der Waals surface area contributed by atoms with Crippen molar-refractivity contribution in [3.63, 3.8) is 0 Å². The topological polar surface area (TPSA) is 15.3 Å². The molecule has 0 spiro atoms. The van der Waals surface area contributed by atoms with Crippen molar-refractivity contribution >= 4 is 5.69 Å². The van der Waals surface area contributed by atoms with Crippen molar-refractivity contribution in [1.82, 2.24) is 5.32 Å². The third kappa shape index (κ3) is 3.14. The van der Waals surface area contributed by atoms with Crippen molar-refractivity contribution in [3.05, 3.63) is 29.6 Å². The number of nitrogens with zero attached hydrogens (tertiary/aromatic N) is 1. The lowest BCUT2D eigenvalue weighted by molar-refractivity contribution is 0.491. The summed E-state index contributed by atoms with van der Waals surface area (Å²) in [6.07, 6.45) is 4.98. The van der Waals surface area contributed by atoms with E-state index in [0.29, 0.717) is 18.0 Å². The summed E-state index contributed by atoms with van der Waals surface area (Å²) in [5, 5.41) is 3.47. The average Bonchev–Trinajstić information content (AvgIpc) is 3.09. The molecular weight excluding hydrogens is 251 g/mol. The smallest absolute Gasteiger partial charge is 0.125 e. The van der Waals surface area contributed by atoms with Crippen LogP contribution in [0.5, 0.6) is 0 Å². The van der Waals surface area contributed by atoms with Gasteiger partial charge in [0.15, 0.2) is 0 Å². The van der Waals surface area contributed by atoms with Crippen molar-refractivity contribution in [2.75, 3.05) is 11.4 Å². The zero-order valence-corrected chi connectivity index (χ0v) is 12.5. The summed E-state index contributed by atoms with van der Waals surface area (Å²) < 4.78 is 13.9. The second kappa shape index (κ2) is 5.72. The van der Waals surface area contributed by atoms with Crippen LogP contribution < -0.4 is 10.2 Å². The summed E-state index contributed by atoms with van der Waals surface area (Å²) in [6, 6.07) is 6.75. The average molecular weight is 276 g/mol. The first kappa shape index (κ1) is 13.9. The molecule has 2 nitrogen and oxygen atoms in total. The molecule has 0 bridgehead atoms. The summed E-state index contributed by atoms with van der Waals surface area (Å²) >= 11 is 0. The minimum absolute atomic E-state index is 0.107. The van der Waals surface area contributed by atoms with E-state index >= 15 is 0 Å². The third-order valence-electron chi connectivity index (χ3n) is 4.51. The monoisotopic (exact) mass is 276 g/mol. The largest absolute Gasteiger partial charge is 0.368 e. The van der Waals surface area contributed by atoms with E-state index in [1.54, 1.807) is 12.1 Å². The van der Waals surface area contributed by atoms with Crippen LogP contribution in [0.3, 0.4) is 0 Å². The standard InChI is InChI=1S/C17H25FN2/c1-12(2)17-4-3-7-20(17)16-9-13(8-14(18)10-16)11-19-15-5-6-15/h8-10,12,15,17,19H,3-7,11H2,1-2H3. The Labute approximate surface area is 121 Å². The maximum Gasteiger partial charge on any atom is 0.125 e. The van der Waals surface area contributed by atoms with E-state index in [1.807, 2.05) is 0 Å². The highest BCUT2D eigenvalue weighted by molar-refractivity contribution is 5.51. The maximum absolute atomic E-state index is 13.9. The van der Waals surface area contributed by atoms with E-state index in [0.717, 1.165) is 24.3 Å². The van der Waals surface area contributed by atoms with Crippen molar-refractivity contribution in [3.8, 4) is 0 Å². The van der Waals surface area contributed by atoms with Crippen molar-refractivity contribution in [1.29, 1.82) is 0 Å². The molecule has 1 saturated carbocycles. The summed E-state index contributed by atoms with van der Waals surface area (Å²) in [6.45, 7) is 6.37. The van der Waals surface area contributed by atoms with Crippen LogP contribution in [-0.4, -0.2) is 18.6 Å². The molecule has 1 saturated heterocycles. The number of halogens is 1. The van der Waals surface area contributed by atoms with Gasteiger partial charge in [0.05, 0.1) is 0 Å². The molecule has 2 fully saturated rings. The van der Waals surface area contributed by atoms with Gasteiger partial charge in [-0.15, -0.1) is 0 Å². The maximum atomic E-state index is 13.9. The molecule has 1 N–H and O–H groups in total. The lowest BCUT2D eigenvalue weighted by Gasteiger charge is -2.30. The van der Waals surface area contributed by atoms with E-state index in [-0.39, 0.29) is 5.82 Å². The highest BCUT2D eigenvalue weighted by Crippen LogP contribution is 2.31. The van der Waals surface area contributed by atoms with Gasteiger partial charge in [0, 0.05) is 30.9 Å². The zero-order valence-electron chi connectivity index (χ0n) is 12.5. The van der Waals surface area contributed by atoms with Crippen LogP contribution in [0.25, 0.3) is 0 Å². The Morgan fingerprint density at radius 1 is 1.25 bits per heavy atom. The van der Waals surface area contributed by atoms with Gasteiger partial charge in [-0.05, 0) is 55.4 Å². The molecule has 3 heteroatoms. The molecule has 1 aromatic rings. The zero-order chi connectivity index (χ0) is 14.1. The lowest BCUT2D eigenvalue weighted by Crippen LogP contribution is -2.33. The molecule has 1 aliphatic heterocycles. The van der Waals surface area contributed by atoms with E-state index in [4.69, 9.17) is 0 Å². The molecule has 2 aliphatic rings. The Bertz CT molecular complexity index is 468. The highest BCUT2D eigenvalue weighted by atomic mass is 19.1. The van der Waals surface area contributed by atoms with Crippen LogP contribution in [0.4, 0.5) is 10.1 Å². The number of nitrogens with one attached hydrogen (secondary N) is 1. The second-order valence-corrected chi connectivity index (χ2v) is 6.62. The Morgan fingerprint density at radius 2 is 2.05 bits per heavy atom. The van der Waals surface area contributed by atoms with Gasteiger partial charge in [0.25, 0.3) is 0 Å². The van der Waals surface area contributed by atoms with Crippen molar-refractivity contribution in [2.45, 2.75) is 58.2 Å². The van der Waals surface area contributed by atoms with Crippen molar-refractivity contribution < 1.29 is 4.39 Å². The first-order valence-corrected chi connectivity index (χ1v) is 7.93. The number of rotatable bonds is 5. The molecule has 1 aromatic carbocycles. The van der Waals surface area contributed by atoms with Gasteiger partial charge >= 0.3 is 0 Å². The minimum atomic E-state index is -0.107. The molecule has 110 valence electrons. The normalized spacial score (nSPS) is 22.8. The minimum Gasteiger partial charge on any atom is -0.368 e. The third-order valence-corrected chi connectivity index (χ3v) is 4.51. The Hall–Kier alpha value is -1.09. The number of hydrogen-bond donors (Lipinski definition) is 1. The van der Waals surface area contributed by atoms with E-state index < -0.39 is 0 Å².